The molecule has 1 heterocycles. The minimum Gasteiger partial charge on any atom is -0.493 e. The number of aliphatic hydroxyl groups is 1. The predicted octanol–water partition coefficient (Wildman–Crippen LogP) is 3.36. The number of hydrogen-bond acceptors (Lipinski definition) is 3. The third kappa shape index (κ3) is 3.58. The second kappa shape index (κ2) is 6.37. The highest BCUT2D eigenvalue weighted by atomic mass is 16.5. The molecule has 0 saturated heterocycles. The Balaban J connectivity index is 1.59. The number of benzene rings is 1. The van der Waals surface area contributed by atoms with Crippen LogP contribution in [0, 0.1) is 0 Å². The normalized spacial score (nSPS) is 22.2. The molecule has 0 amide bonds. The van der Waals surface area contributed by atoms with Gasteiger partial charge in [0.2, 0.25) is 0 Å². The van der Waals surface area contributed by atoms with Crippen molar-refractivity contribution < 1.29 is 9.84 Å². The van der Waals surface area contributed by atoms with Crippen LogP contribution in [0.2, 0.25) is 0 Å². The molecule has 0 aromatic heterocycles. The molecule has 1 aromatic rings. The van der Waals surface area contributed by atoms with Gasteiger partial charge in [-0.15, -0.1) is 0 Å². The molecule has 0 bridgehead atoms. The average molecular weight is 289 g/mol. The SMILES string of the molecule is CC(NCC1(O)CCCCCC1)c1ccc2c(c1)CCO2. The van der Waals surface area contributed by atoms with Gasteiger partial charge in [0.15, 0.2) is 0 Å². The van der Waals surface area contributed by atoms with E-state index >= 15 is 0 Å². The minimum atomic E-state index is -0.509. The first-order valence-corrected chi connectivity index (χ1v) is 8.38. The molecular weight excluding hydrogens is 262 g/mol. The Hall–Kier alpha value is -1.06. The number of nitrogens with one attached hydrogen (secondary N) is 1. The van der Waals surface area contributed by atoms with Gasteiger partial charge in [-0.3, -0.25) is 0 Å². The zero-order valence-electron chi connectivity index (χ0n) is 13.0. The molecule has 1 saturated carbocycles. The maximum Gasteiger partial charge on any atom is 0.122 e. The van der Waals surface area contributed by atoms with Crippen molar-refractivity contribution in [2.24, 2.45) is 0 Å². The summed E-state index contributed by atoms with van der Waals surface area (Å²) in [5, 5.41) is 14.3. The summed E-state index contributed by atoms with van der Waals surface area (Å²) in [5.41, 5.74) is 2.09. The Morgan fingerprint density at radius 3 is 2.76 bits per heavy atom. The Morgan fingerprint density at radius 2 is 2.00 bits per heavy atom. The van der Waals surface area contributed by atoms with Gasteiger partial charge in [-0.05, 0) is 37.0 Å². The molecule has 1 aromatic carbocycles. The minimum absolute atomic E-state index is 0.267. The highest BCUT2D eigenvalue weighted by molar-refractivity contribution is 5.40. The third-order valence-corrected chi connectivity index (χ3v) is 4.99. The smallest absolute Gasteiger partial charge is 0.122 e. The summed E-state index contributed by atoms with van der Waals surface area (Å²) >= 11 is 0. The molecule has 21 heavy (non-hydrogen) atoms. The van der Waals surface area contributed by atoms with E-state index < -0.39 is 5.60 Å². The summed E-state index contributed by atoms with van der Waals surface area (Å²) in [4.78, 5) is 0. The average Bonchev–Trinajstić information content (AvgIpc) is 2.85. The van der Waals surface area contributed by atoms with E-state index in [1.807, 2.05) is 0 Å². The number of fused-ring (bicyclic) bond motifs is 1. The molecule has 1 aliphatic heterocycles. The lowest BCUT2D eigenvalue weighted by atomic mass is 9.93. The molecule has 1 aliphatic carbocycles. The van der Waals surface area contributed by atoms with Crippen molar-refractivity contribution in [3.8, 4) is 5.75 Å². The lowest BCUT2D eigenvalue weighted by Gasteiger charge is -2.29. The standard InChI is InChI=1S/C18H27NO2/c1-14(15-6-7-17-16(12-15)8-11-21-17)19-13-18(20)9-4-2-3-5-10-18/h6-7,12,14,19-20H,2-5,8-11,13H2,1H3. The van der Waals surface area contributed by atoms with E-state index in [1.165, 1.54) is 24.0 Å². The van der Waals surface area contributed by atoms with Gasteiger partial charge in [-0.25, -0.2) is 0 Å². The summed E-state index contributed by atoms with van der Waals surface area (Å²) in [5.74, 6) is 1.04. The van der Waals surface area contributed by atoms with Gasteiger partial charge < -0.3 is 15.2 Å². The van der Waals surface area contributed by atoms with E-state index in [1.54, 1.807) is 0 Å². The van der Waals surface area contributed by atoms with Crippen LogP contribution in [0.25, 0.3) is 0 Å². The van der Waals surface area contributed by atoms with Crippen LogP contribution in [-0.4, -0.2) is 23.9 Å². The highest BCUT2D eigenvalue weighted by Crippen LogP contribution is 2.29. The first-order valence-electron chi connectivity index (χ1n) is 8.38. The number of ether oxygens (including phenoxy) is 1. The van der Waals surface area contributed by atoms with Gasteiger partial charge in [0.05, 0.1) is 12.2 Å². The molecular formula is C18H27NO2. The van der Waals surface area contributed by atoms with Gasteiger partial charge in [-0.1, -0.05) is 37.8 Å². The van der Waals surface area contributed by atoms with Gasteiger partial charge in [0, 0.05) is 19.0 Å². The van der Waals surface area contributed by atoms with Crippen molar-refractivity contribution in [1.82, 2.24) is 5.32 Å². The molecule has 3 rings (SSSR count). The van der Waals surface area contributed by atoms with Crippen LogP contribution in [0.15, 0.2) is 18.2 Å². The van der Waals surface area contributed by atoms with Crippen LogP contribution >= 0.6 is 0 Å². The van der Waals surface area contributed by atoms with Crippen LogP contribution in [0.1, 0.15) is 62.6 Å². The lowest BCUT2D eigenvalue weighted by Crippen LogP contribution is -2.41. The largest absolute Gasteiger partial charge is 0.493 e. The first kappa shape index (κ1) is 14.9. The highest BCUT2D eigenvalue weighted by Gasteiger charge is 2.28. The lowest BCUT2D eigenvalue weighted by molar-refractivity contribution is 0.0231. The second-order valence-electron chi connectivity index (χ2n) is 6.71. The maximum absolute atomic E-state index is 10.7. The number of rotatable bonds is 4. The molecule has 1 atom stereocenters. The monoisotopic (exact) mass is 289 g/mol. The zero-order chi connectivity index (χ0) is 14.7. The summed E-state index contributed by atoms with van der Waals surface area (Å²) in [7, 11) is 0. The Morgan fingerprint density at radius 1 is 1.24 bits per heavy atom. The van der Waals surface area contributed by atoms with E-state index in [-0.39, 0.29) is 6.04 Å². The van der Waals surface area contributed by atoms with Crippen molar-refractivity contribution in [3.63, 3.8) is 0 Å². The van der Waals surface area contributed by atoms with E-state index in [2.05, 4.69) is 30.4 Å². The van der Waals surface area contributed by atoms with Crippen LogP contribution in [0.4, 0.5) is 0 Å². The van der Waals surface area contributed by atoms with Gasteiger partial charge >= 0.3 is 0 Å². The molecule has 3 heteroatoms. The molecule has 2 N–H and O–H groups in total. The first-order chi connectivity index (χ1) is 10.2. The van der Waals surface area contributed by atoms with E-state index in [4.69, 9.17) is 4.74 Å². The van der Waals surface area contributed by atoms with Gasteiger partial charge in [-0.2, -0.15) is 0 Å². The van der Waals surface area contributed by atoms with Crippen molar-refractivity contribution in [2.75, 3.05) is 13.2 Å². The second-order valence-corrected chi connectivity index (χ2v) is 6.71. The van der Waals surface area contributed by atoms with E-state index in [0.717, 1.165) is 44.5 Å². The summed E-state index contributed by atoms with van der Waals surface area (Å²) in [6.45, 7) is 3.68. The number of hydrogen-bond donors (Lipinski definition) is 2. The molecule has 2 aliphatic rings. The molecule has 0 spiro atoms. The van der Waals surface area contributed by atoms with Gasteiger partial charge in [0.25, 0.3) is 0 Å². The Labute approximate surface area is 127 Å². The maximum atomic E-state index is 10.7. The fourth-order valence-electron chi connectivity index (χ4n) is 3.50. The topological polar surface area (TPSA) is 41.5 Å². The quantitative estimate of drug-likeness (QED) is 0.835. The fourth-order valence-corrected chi connectivity index (χ4v) is 3.50. The summed E-state index contributed by atoms with van der Waals surface area (Å²) in [6, 6.07) is 6.73. The Bertz CT molecular complexity index is 478. The molecule has 0 radical (unpaired) electrons. The molecule has 1 fully saturated rings. The molecule has 116 valence electrons. The van der Waals surface area contributed by atoms with Crippen LogP contribution in [0.5, 0.6) is 5.75 Å². The van der Waals surface area contributed by atoms with Gasteiger partial charge in [0.1, 0.15) is 5.75 Å². The molecule has 1 unspecified atom stereocenters. The van der Waals surface area contributed by atoms with Crippen LogP contribution in [0.3, 0.4) is 0 Å². The summed E-state index contributed by atoms with van der Waals surface area (Å²) < 4.78 is 5.56. The van der Waals surface area contributed by atoms with Crippen LogP contribution < -0.4 is 10.1 Å². The molecule has 3 nitrogen and oxygen atoms in total. The van der Waals surface area contributed by atoms with E-state index in [0.29, 0.717) is 6.54 Å². The van der Waals surface area contributed by atoms with E-state index in [9.17, 15) is 5.11 Å². The predicted molar refractivity (Wildman–Crippen MR) is 84.7 cm³/mol. The third-order valence-electron chi connectivity index (χ3n) is 4.99. The van der Waals surface area contributed by atoms with Crippen molar-refractivity contribution in [3.05, 3.63) is 29.3 Å². The summed E-state index contributed by atoms with van der Waals surface area (Å²) in [6.07, 6.45) is 7.73. The van der Waals surface area contributed by atoms with Crippen molar-refractivity contribution >= 4 is 0 Å². The Kier molecular flexibility index (Phi) is 4.51. The van der Waals surface area contributed by atoms with Crippen molar-refractivity contribution in [1.29, 1.82) is 0 Å². The van der Waals surface area contributed by atoms with Crippen LogP contribution in [-0.2, 0) is 6.42 Å². The fraction of sp³-hybridized carbons (Fsp3) is 0.667. The van der Waals surface area contributed by atoms with Crippen molar-refractivity contribution in [2.45, 2.75) is 63.5 Å². The zero-order valence-corrected chi connectivity index (χ0v) is 13.0.